The first-order chi connectivity index (χ1) is 9.03. The number of alkyl halides is 3. The van der Waals surface area contributed by atoms with Gasteiger partial charge in [0.25, 0.3) is 0 Å². The van der Waals surface area contributed by atoms with Crippen molar-refractivity contribution in [3.8, 4) is 5.75 Å². The van der Waals surface area contributed by atoms with E-state index in [0.29, 0.717) is 23.6 Å². The summed E-state index contributed by atoms with van der Waals surface area (Å²) in [6.45, 7) is 0. The van der Waals surface area contributed by atoms with Gasteiger partial charge < -0.3 is 10.1 Å². The zero-order valence-corrected chi connectivity index (χ0v) is 10.4. The van der Waals surface area contributed by atoms with Crippen molar-refractivity contribution in [3.63, 3.8) is 0 Å². The topological polar surface area (TPSA) is 21.3 Å². The van der Waals surface area contributed by atoms with Crippen molar-refractivity contribution in [2.75, 3.05) is 5.32 Å². The van der Waals surface area contributed by atoms with E-state index in [1.807, 2.05) is 0 Å². The number of hydrogen-bond donors (Lipinski definition) is 1. The van der Waals surface area contributed by atoms with E-state index in [1.54, 1.807) is 18.2 Å². The minimum atomic E-state index is -4.65. The first-order valence-corrected chi connectivity index (χ1v) is 6.64. The van der Waals surface area contributed by atoms with Crippen LogP contribution in [0.15, 0.2) is 24.3 Å². The molecule has 2 saturated carbocycles. The van der Waals surface area contributed by atoms with Gasteiger partial charge in [0.1, 0.15) is 0 Å². The highest BCUT2D eigenvalue weighted by Gasteiger charge is 2.42. The SMILES string of the molecule is FC(F)(F)Oc1ccccc1NC(C1CC1)C1CC1. The van der Waals surface area contributed by atoms with E-state index < -0.39 is 6.36 Å². The predicted octanol–water partition coefficient (Wildman–Crippen LogP) is 4.19. The Kier molecular flexibility index (Phi) is 3.07. The first kappa shape index (κ1) is 12.6. The lowest BCUT2D eigenvalue weighted by Crippen LogP contribution is -2.25. The van der Waals surface area contributed by atoms with Crippen molar-refractivity contribution in [2.45, 2.75) is 38.1 Å². The highest BCUT2D eigenvalue weighted by Crippen LogP contribution is 2.46. The summed E-state index contributed by atoms with van der Waals surface area (Å²) < 4.78 is 41.1. The molecule has 1 aromatic carbocycles. The predicted molar refractivity (Wildman–Crippen MR) is 66.0 cm³/mol. The second-order valence-electron chi connectivity index (χ2n) is 5.39. The second-order valence-corrected chi connectivity index (χ2v) is 5.39. The maximum Gasteiger partial charge on any atom is 0.573 e. The van der Waals surface area contributed by atoms with Crippen molar-refractivity contribution in [3.05, 3.63) is 24.3 Å². The summed E-state index contributed by atoms with van der Waals surface area (Å²) in [6, 6.07) is 6.58. The molecule has 2 fully saturated rings. The van der Waals surface area contributed by atoms with Gasteiger partial charge in [0, 0.05) is 6.04 Å². The Labute approximate surface area is 109 Å². The molecular formula is C14H16F3NO. The normalized spacial score (nSPS) is 19.6. The molecule has 0 aromatic heterocycles. The Morgan fingerprint density at radius 3 is 2.16 bits per heavy atom. The van der Waals surface area contributed by atoms with Crippen LogP contribution in [0.3, 0.4) is 0 Å². The van der Waals surface area contributed by atoms with E-state index in [9.17, 15) is 13.2 Å². The fourth-order valence-electron chi connectivity index (χ4n) is 2.51. The molecular weight excluding hydrogens is 255 g/mol. The van der Waals surface area contributed by atoms with Crippen LogP contribution in [0.1, 0.15) is 25.7 Å². The lowest BCUT2D eigenvalue weighted by atomic mass is 10.1. The van der Waals surface area contributed by atoms with Crippen LogP contribution in [0.2, 0.25) is 0 Å². The van der Waals surface area contributed by atoms with Gasteiger partial charge in [-0.1, -0.05) is 12.1 Å². The molecule has 19 heavy (non-hydrogen) atoms. The highest BCUT2D eigenvalue weighted by atomic mass is 19.4. The zero-order valence-electron chi connectivity index (χ0n) is 10.4. The van der Waals surface area contributed by atoms with E-state index in [4.69, 9.17) is 0 Å². The molecule has 5 heteroatoms. The van der Waals surface area contributed by atoms with E-state index in [-0.39, 0.29) is 5.75 Å². The number of rotatable bonds is 5. The van der Waals surface area contributed by atoms with Crippen molar-refractivity contribution >= 4 is 5.69 Å². The molecule has 0 heterocycles. The minimum Gasteiger partial charge on any atom is -0.404 e. The standard InChI is InChI=1S/C14H16F3NO/c15-14(16,17)19-12-4-2-1-3-11(12)18-13(9-5-6-9)10-7-8-10/h1-4,9-10,13,18H,5-8H2. The van der Waals surface area contributed by atoms with Crippen LogP contribution in [-0.4, -0.2) is 12.4 Å². The summed E-state index contributed by atoms with van der Waals surface area (Å²) in [5.74, 6) is 1.10. The Bertz CT molecular complexity index is 440. The van der Waals surface area contributed by atoms with Gasteiger partial charge in [-0.3, -0.25) is 0 Å². The molecule has 0 bridgehead atoms. The van der Waals surface area contributed by atoms with Crippen molar-refractivity contribution in [1.29, 1.82) is 0 Å². The summed E-state index contributed by atoms with van der Waals surface area (Å²) in [5, 5.41) is 3.27. The molecule has 3 rings (SSSR count). The largest absolute Gasteiger partial charge is 0.573 e. The highest BCUT2D eigenvalue weighted by molar-refractivity contribution is 5.57. The van der Waals surface area contributed by atoms with Crippen LogP contribution in [0.25, 0.3) is 0 Å². The van der Waals surface area contributed by atoms with Gasteiger partial charge in [-0.2, -0.15) is 0 Å². The second kappa shape index (κ2) is 4.62. The van der Waals surface area contributed by atoms with Crippen LogP contribution in [0.4, 0.5) is 18.9 Å². The summed E-state index contributed by atoms with van der Waals surface area (Å²) >= 11 is 0. The molecule has 0 radical (unpaired) electrons. The van der Waals surface area contributed by atoms with Gasteiger partial charge in [-0.05, 0) is 49.7 Å². The molecule has 2 nitrogen and oxygen atoms in total. The molecule has 0 saturated heterocycles. The quantitative estimate of drug-likeness (QED) is 0.867. The van der Waals surface area contributed by atoms with Crippen LogP contribution in [0, 0.1) is 11.8 Å². The van der Waals surface area contributed by atoms with E-state index in [1.165, 1.54) is 31.7 Å². The van der Waals surface area contributed by atoms with Gasteiger partial charge >= 0.3 is 6.36 Å². The summed E-state index contributed by atoms with van der Waals surface area (Å²) in [6.07, 6.45) is 0.0618. The Morgan fingerprint density at radius 2 is 1.63 bits per heavy atom. The number of halogens is 3. The van der Waals surface area contributed by atoms with Crippen molar-refractivity contribution in [1.82, 2.24) is 0 Å². The van der Waals surface area contributed by atoms with Gasteiger partial charge in [0.15, 0.2) is 5.75 Å². The van der Waals surface area contributed by atoms with E-state index in [2.05, 4.69) is 10.1 Å². The molecule has 2 aliphatic rings. The van der Waals surface area contributed by atoms with Crippen LogP contribution in [-0.2, 0) is 0 Å². The molecule has 104 valence electrons. The maximum atomic E-state index is 12.4. The lowest BCUT2D eigenvalue weighted by Gasteiger charge is -2.21. The molecule has 0 unspecified atom stereocenters. The van der Waals surface area contributed by atoms with Gasteiger partial charge in [-0.25, -0.2) is 0 Å². The zero-order chi connectivity index (χ0) is 13.5. The Balaban J connectivity index is 1.75. The molecule has 0 aliphatic heterocycles. The molecule has 0 atom stereocenters. The number of para-hydroxylation sites is 2. The number of nitrogens with one attached hydrogen (secondary N) is 1. The van der Waals surface area contributed by atoms with Crippen molar-refractivity contribution in [2.24, 2.45) is 11.8 Å². The summed E-state index contributed by atoms with van der Waals surface area (Å²) in [7, 11) is 0. The minimum absolute atomic E-state index is 0.138. The number of anilines is 1. The average molecular weight is 271 g/mol. The lowest BCUT2D eigenvalue weighted by molar-refractivity contribution is -0.274. The third-order valence-corrected chi connectivity index (χ3v) is 3.69. The van der Waals surface area contributed by atoms with Crippen LogP contribution >= 0.6 is 0 Å². The molecule has 1 aromatic rings. The van der Waals surface area contributed by atoms with Gasteiger partial charge in [0.2, 0.25) is 0 Å². The third-order valence-electron chi connectivity index (χ3n) is 3.69. The first-order valence-electron chi connectivity index (χ1n) is 6.64. The Morgan fingerprint density at radius 1 is 1.05 bits per heavy atom. The van der Waals surface area contributed by atoms with Crippen LogP contribution < -0.4 is 10.1 Å². The average Bonchev–Trinajstić information content (AvgIpc) is 3.19. The molecule has 0 spiro atoms. The number of hydrogen-bond acceptors (Lipinski definition) is 2. The Hall–Kier alpha value is -1.39. The fourth-order valence-corrected chi connectivity index (χ4v) is 2.51. The number of benzene rings is 1. The van der Waals surface area contributed by atoms with Gasteiger partial charge in [0.05, 0.1) is 5.69 Å². The van der Waals surface area contributed by atoms with E-state index in [0.717, 1.165) is 0 Å². The third kappa shape index (κ3) is 3.33. The van der Waals surface area contributed by atoms with E-state index >= 15 is 0 Å². The van der Waals surface area contributed by atoms with Gasteiger partial charge in [-0.15, -0.1) is 13.2 Å². The van der Waals surface area contributed by atoms with Crippen LogP contribution in [0.5, 0.6) is 5.75 Å². The maximum absolute atomic E-state index is 12.4. The fraction of sp³-hybridized carbons (Fsp3) is 0.571. The summed E-state index contributed by atoms with van der Waals surface area (Å²) in [4.78, 5) is 0. The number of ether oxygens (including phenoxy) is 1. The summed E-state index contributed by atoms with van der Waals surface area (Å²) in [5.41, 5.74) is 0.448. The molecule has 2 aliphatic carbocycles. The molecule has 1 N–H and O–H groups in total. The van der Waals surface area contributed by atoms with Crippen molar-refractivity contribution < 1.29 is 17.9 Å². The monoisotopic (exact) mass is 271 g/mol. The smallest absolute Gasteiger partial charge is 0.404 e. The molecule has 0 amide bonds.